The average Bonchev–Trinajstić information content (AvgIpc) is 2.89. The number of nitrogens with zero attached hydrogens (tertiary/aromatic N) is 2. The first-order valence-corrected chi connectivity index (χ1v) is 12.9. The maximum absolute atomic E-state index is 14.6. The molecule has 9 heteroatoms. The van der Waals surface area contributed by atoms with Crippen molar-refractivity contribution in [2.75, 3.05) is 17.6 Å². The molecule has 0 saturated heterocycles. The van der Waals surface area contributed by atoms with E-state index in [0.29, 0.717) is 36.3 Å². The van der Waals surface area contributed by atoms with Gasteiger partial charge in [-0.15, -0.1) is 0 Å². The van der Waals surface area contributed by atoms with Crippen LogP contribution in [0.25, 0.3) is 16.7 Å². The van der Waals surface area contributed by atoms with Gasteiger partial charge in [-0.05, 0) is 66.8 Å². The second kappa shape index (κ2) is 10.5. The minimum absolute atomic E-state index is 0.101. The van der Waals surface area contributed by atoms with E-state index in [-0.39, 0.29) is 52.9 Å². The lowest BCUT2D eigenvalue weighted by atomic mass is 9.92. The third-order valence-electron chi connectivity index (χ3n) is 7.24. The maximum atomic E-state index is 14.6. The van der Waals surface area contributed by atoms with Crippen LogP contribution in [0.2, 0.25) is 5.02 Å². The molecule has 2 unspecified atom stereocenters. The molecule has 0 fully saturated rings. The predicted octanol–water partition coefficient (Wildman–Crippen LogP) is 6.38. The smallest absolute Gasteiger partial charge is 0.247 e. The number of rotatable bonds is 2. The summed E-state index contributed by atoms with van der Waals surface area (Å²) in [7, 11) is 0. The third kappa shape index (κ3) is 5.00. The number of aromatic nitrogens is 1. The Balaban J connectivity index is 1.53. The summed E-state index contributed by atoms with van der Waals surface area (Å²) in [5.41, 5.74) is 9.48. The molecular weight excluding hydrogens is 510 g/mol. The van der Waals surface area contributed by atoms with Gasteiger partial charge in [-0.2, -0.15) is 0 Å². The molecule has 196 valence electrons. The van der Waals surface area contributed by atoms with Crippen molar-refractivity contribution in [3.05, 3.63) is 82.7 Å². The number of benzene rings is 2. The molecule has 0 radical (unpaired) electrons. The molecule has 3 N–H and O–H groups in total. The van der Waals surface area contributed by atoms with Crippen molar-refractivity contribution in [2.45, 2.75) is 38.6 Å². The van der Waals surface area contributed by atoms with Gasteiger partial charge in [0.15, 0.2) is 5.82 Å². The highest BCUT2D eigenvalue weighted by atomic mass is 35.5. The number of anilines is 2. The molecule has 0 aliphatic carbocycles. The number of pyridine rings is 1. The quantitative estimate of drug-likeness (QED) is 0.294. The first-order valence-electron chi connectivity index (χ1n) is 12.5. The highest BCUT2D eigenvalue weighted by Gasteiger charge is 2.31. The van der Waals surface area contributed by atoms with Crippen LogP contribution >= 0.6 is 11.6 Å². The number of halogens is 3. The van der Waals surface area contributed by atoms with Crippen molar-refractivity contribution >= 4 is 40.4 Å². The molecule has 5 rings (SSSR count). The molecule has 1 aromatic heterocycles. The largest absolute Gasteiger partial charge is 0.399 e. The van der Waals surface area contributed by atoms with E-state index in [9.17, 15) is 18.4 Å². The highest BCUT2D eigenvalue weighted by molar-refractivity contribution is 6.31. The molecule has 2 atom stereocenters. The van der Waals surface area contributed by atoms with Gasteiger partial charge in [0.25, 0.3) is 0 Å². The van der Waals surface area contributed by atoms with Crippen LogP contribution in [0, 0.1) is 17.6 Å². The molecule has 3 heterocycles. The molecule has 2 amide bonds. The molecule has 2 aliphatic rings. The topological polar surface area (TPSA) is 88.3 Å². The fourth-order valence-corrected chi connectivity index (χ4v) is 5.32. The Morgan fingerprint density at radius 2 is 1.92 bits per heavy atom. The molecule has 0 spiro atoms. The van der Waals surface area contributed by atoms with Gasteiger partial charge in [-0.3, -0.25) is 14.6 Å². The molecule has 2 aliphatic heterocycles. The summed E-state index contributed by atoms with van der Waals surface area (Å²) in [6, 6.07) is 11.0. The highest BCUT2D eigenvalue weighted by Crippen LogP contribution is 2.37. The van der Waals surface area contributed by atoms with E-state index in [1.165, 1.54) is 6.08 Å². The zero-order chi connectivity index (χ0) is 27.0. The monoisotopic (exact) mass is 536 g/mol. The first kappa shape index (κ1) is 25.9. The number of carbonyl (C=O) groups excluding carboxylic acids is 2. The van der Waals surface area contributed by atoms with Crippen LogP contribution in [0.5, 0.6) is 0 Å². The molecule has 2 bridgehead atoms. The fourth-order valence-electron chi connectivity index (χ4n) is 5.17. The number of hydrogen-bond acceptors (Lipinski definition) is 4. The SMILES string of the molecule is CC1CCCC(N2CCC(c3c(F)ccc(Cl)c3F)=CC2=O)c2cc(ccn2)-c2ccc(N)cc2NC1=O. The molecule has 38 heavy (non-hydrogen) atoms. The van der Waals surface area contributed by atoms with Crippen LogP contribution < -0.4 is 11.1 Å². The lowest BCUT2D eigenvalue weighted by Crippen LogP contribution is -2.38. The zero-order valence-electron chi connectivity index (χ0n) is 20.8. The van der Waals surface area contributed by atoms with Crippen molar-refractivity contribution in [1.82, 2.24) is 9.88 Å². The van der Waals surface area contributed by atoms with E-state index in [2.05, 4.69) is 10.3 Å². The molecule has 6 nitrogen and oxygen atoms in total. The number of carbonyl (C=O) groups is 2. The van der Waals surface area contributed by atoms with Crippen molar-refractivity contribution in [3.63, 3.8) is 0 Å². The van der Waals surface area contributed by atoms with Gasteiger partial charge in [-0.1, -0.05) is 31.0 Å². The second-order valence-corrected chi connectivity index (χ2v) is 10.2. The molecular formula is C29H27ClF2N4O2. The summed E-state index contributed by atoms with van der Waals surface area (Å²) < 4.78 is 29.1. The van der Waals surface area contributed by atoms with Crippen LogP contribution in [0.4, 0.5) is 20.2 Å². The van der Waals surface area contributed by atoms with Gasteiger partial charge in [0, 0.05) is 36.0 Å². The number of nitrogens with one attached hydrogen (secondary N) is 1. The normalized spacial score (nSPS) is 20.1. The number of nitrogen functional groups attached to an aromatic ring is 1. The second-order valence-electron chi connectivity index (χ2n) is 9.78. The Bertz CT molecular complexity index is 1460. The van der Waals surface area contributed by atoms with Crippen LogP contribution in [-0.4, -0.2) is 28.2 Å². The Hall–Kier alpha value is -3.78. The van der Waals surface area contributed by atoms with E-state index < -0.39 is 11.6 Å². The zero-order valence-corrected chi connectivity index (χ0v) is 21.6. The van der Waals surface area contributed by atoms with Crippen LogP contribution in [0.15, 0.2) is 54.7 Å². The number of nitrogens with two attached hydrogens (primary N) is 1. The van der Waals surface area contributed by atoms with Crippen molar-refractivity contribution in [2.24, 2.45) is 5.92 Å². The minimum atomic E-state index is -0.869. The number of amides is 2. The summed E-state index contributed by atoms with van der Waals surface area (Å²) in [4.78, 5) is 32.6. The maximum Gasteiger partial charge on any atom is 0.247 e. The number of hydrogen-bond donors (Lipinski definition) is 2. The molecule has 0 saturated carbocycles. The van der Waals surface area contributed by atoms with E-state index in [4.69, 9.17) is 17.3 Å². The summed E-state index contributed by atoms with van der Waals surface area (Å²) in [5, 5.41) is 2.81. The Kier molecular flexibility index (Phi) is 7.17. The molecule has 2 aromatic carbocycles. The first-order chi connectivity index (χ1) is 18.2. The lowest BCUT2D eigenvalue weighted by molar-refractivity contribution is -0.129. The summed E-state index contributed by atoms with van der Waals surface area (Å²) in [5.74, 6) is -2.34. The van der Waals surface area contributed by atoms with Crippen molar-refractivity contribution in [1.29, 1.82) is 0 Å². The molecule has 3 aromatic rings. The summed E-state index contributed by atoms with van der Waals surface area (Å²) in [6.45, 7) is 2.13. The summed E-state index contributed by atoms with van der Waals surface area (Å²) in [6.07, 6.45) is 5.10. The van der Waals surface area contributed by atoms with Gasteiger partial charge in [0.2, 0.25) is 11.8 Å². The predicted molar refractivity (Wildman–Crippen MR) is 144 cm³/mol. The van der Waals surface area contributed by atoms with Crippen LogP contribution in [0.3, 0.4) is 0 Å². The minimum Gasteiger partial charge on any atom is -0.399 e. The van der Waals surface area contributed by atoms with E-state index in [1.807, 2.05) is 25.1 Å². The Morgan fingerprint density at radius 3 is 2.71 bits per heavy atom. The van der Waals surface area contributed by atoms with Gasteiger partial charge >= 0.3 is 0 Å². The average molecular weight is 537 g/mol. The van der Waals surface area contributed by atoms with E-state index >= 15 is 0 Å². The van der Waals surface area contributed by atoms with Gasteiger partial charge in [-0.25, -0.2) is 8.78 Å². The van der Waals surface area contributed by atoms with Crippen molar-refractivity contribution in [3.8, 4) is 11.1 Å². The van der Waals surface area contributed by atoms with E-state index in [0.717, 1.165) is 23.3 Å². The van der Waals surface area contributed by atoms with Gasteiger partial charge in [0.1, 0.15) is 5.82 Å². The van der Waals surface area contributed by atoms with Gasteiger partial charge < -0.3 is 16.0 Å². The van der Waals surface area contributed by atoms with Crippen LogP contribution in [0.1, 0.15) is 49.9 Å². The lowest BCUT2D eigenvalue weighted by Gasteiger charge is -2.34. The van der Waals surface area contributed by atoms with Gasteiger partial charge in [0.05, 0.1) is 28.0 Å². The fraction of sp³-hybridized carbons (Fsp3) is 0.276. The summed E-state index contributed by atoms with van der Waals surface area (Å²) >= 11 is 5.88. The van der Waals surface area contributed by atoms with Crippen molar-refractivity contribution < 1.29 is 18.4 Å². The number of fused-ring (bicyclic) bond motifs is 4. The Labute approximate surface area is 224 Å². The van der Waals surface area contributed by atoms with E-state index in [1.54, 1.807) is 23.2 Å². The third-order valence-corrected chi connectivity index (χ3v) is 7.53. The standard InChI is InChI=1S/C29H27ClF2N4O2/c1-16-3-2-4-25(36-12-10-18(14-26(36)37)27-22(31)8-7-21(30)28(27)32)24-13-17(9-11-34-24)20-6-5-19(33)15-23(20)35-29(16)38/h5-9,11,13-16,25H,2-4,10,12,33H2,1H3,(H,35,38). The Morgan fingerprint density at radius 1 is 1.11 bits per heavy atom. The van der Waals surface area contributed by atoms with Crippen LogP contribution in [-0.2, 0) is 9.59 Å².